The van der Waals surface area contributed by atoms with Crippen molar-refractivity contribution in [3.8, 4) is 5.75 Å². The molecular weight excluding hydrogens is 286 g/mol. The van der Waals surface area contributed by atoms with E-state index in [2.05, 4.69) is 4.72 Å². The van der Waals surface area contributed by atoms with Crippen LogP contribution < -0.4 is 9.46 Å². The van der Waals surface area contributed by atoms with Gasteiger partial charge in [-0.3, -0.25) is 4.79 Å². The van der Waals surface area contributed by atoms with E-state index in [-0.39, 0.29) is 16.5 Å². The highest BCUT2D eigenvalue weighted by atomic mass is 32.2. The third kappa shape index (κ3) is 3.27. The van der Waals surface area contributed by atoms with Gasteiger partial charge in [-0.05, 0) is 23.8 Å². The van der Waals surface area contributed by atoms with Crippen LogP contribution >= 0.6 is 0 Å². The molecule has 0 spiro atoms. The van der Waals surface area contributed by atoms with Crippen LogP contribution in [-0.2, 0) is 26.0 Å². The van der Waals surface area contributed by atoms with Gasteiger partial charge in [0.2, 0.25) is 10.0 Å². The number of benzene rings is 1. The lowest BCUT2D eigenvalue weighted by Gasteiger charge is -2.27. The van der Waals surface area contributed by atoms with Crippen LogP contribution in [0.25, 0.3) is 0 Å². The average Bonchev–Trinajstić information content (AvgIpc) is 2.33. The molecule has 2 rings (SSSR count). The minimum atomic E-state index is -3.77. The van der Waals surface area contributed by atoms with Gasteiger partial charge in [0, 0.05) is 0 Å². The van der Waals surface area contributed by atoms with Gasteiger partial charge in [-0.15, -0.1) is 0 Å². The fourth-order valence-corrected chi connectivity index (χ4v) is 3.26. The number of carboxylic acids is 1. The lowest BCUT2D eigenvalue weighted by Crippen LogP contribution is -2.48. The summed E-state index contributed by atoms with van der Waals surface area (Å²) in [6, 6.07) is 3.98. The van der Waals surface area contributed by atoms with E-state index in [1.807, 2.05) is 0 Å². The first-order valence-electron chi connectivity index (χ1n) is 5.91. The van der Waals surface area contributed by atoms with Crippen molar-refractivity contribution in [2.75, 3.05) is 20.3 Å². The Kier molecular flexibility index (Phi) is 4.26. The molecule has 0 aliphatic carbocycles. The Labute approximate surface area is 116 Å². The van der Waals surface area contributed by atoms with E-state index >= 15 is 0 Å². The second kappa shape index (κ2) is 5.78. The summed E-state index contributed by atoms with van der Waals surface area (Å²) in [5.74, 6) is -0.700. The molecule has 1 saturated heterocycles. The molecule has 7 nitrogen and oxygen atoms in total. The lowest BCUT2D eigenvalue weighted by atomic mass is 10.1. The van der Waals surface area contributed by atoms with Crippen LogP contribution in [0.2, 0.25) is 0 Å². The minimum absolute atomic E-state index is 0.0485. The van der Waals surface area contributed by atoms with Crippen molar-refractivity contribution in [2.45, 2.75) is 17.4 Å². The van der Waals surface area contributed by atoms with Crippen LogP contribution in [0.3, 0.4) is 0 Å². The Morgan fingerprint density at radius 1 is 1.50 bits per heavy atom. The highest BCUT2D eigenvalue weighted by molar-refractivity contribution is 7.89. The number of rotatable bonds is 6. The summed E-state index contributed by atoms with van der Waals surface area (Å²) >= 11 is 0. The van der Waals surface area contributed by atoms with Crippen LogP contribution in [-0.4, -0.2) is 45.9 Å². The predicted molar refractivity (Wildman–Crippen MR) is 69.3 cm³/mol. The molecule has 1 aliphatic rings. The van der Waals surface area contributed by atoms with Crippen LogP contribution in [0.1, 0.15) is 5.56 Å². The molecule has 1 fully saturated rings. The summed E-state index contributed by atoms with van der Waals surface area (Å²) < 4.78 is 36.8. The number of sulfonamides is 1. The van der Waals surface area contributed by atoms with Gasteiger partial charge in [-0.2, -0.15) is 0 Å². The van der Waals surface area contributed by atoms with Gasteiger partial charge < -0.3 is 14.6 Å². The van der Waals surface area contributed by atoms with E-state index in [4.69, 9.17) is 14.6 Å². The number of methoxy groups -OCH3 is 1. The Hall–Kier alpha value is -1.64. The zero-order valence-corrected chi connectivity index (χ0v) is 11.6. The zero-order chi connectivity index (χ0) is 14.8. The molecule has 8 heteroatoms. The van der Waals surface area contributed by atoms with E-state index in [1.165, 1.54) is 25.3 Å². The second-order valence-electron chi connectivity index (χ2n) is 4.40. The maximum atomic E-state index is 12.2. The van der Waals surface area contributed by atoms with E-state index in [1.54, 1.807) is 0 Å². The van der Waals surface area contributed by atoms with Gasteiger partial charge in [-0.1, -0.05) is 0 Å². The molecule has 110 valence electrons. The molecule has 2 N–H and O–H groups in total. The second-order valence-corrected chi connectivity index (χ2v) is 6.08. The molecule has 0 saturated carbocycles. The first kappa shape index (κ1) is 14.8. The average molecular weight is 301 g/mol. The van der Waals surface area contributed by atoms with Gasteiger partial charge in [-0.25, -0.2) is 13.1 Å². The van der Waals surface area contributed by atoms with Crippen LogP contribution in [0.15, 0.2) is 23.1 Å². The third-order valence-electron chi connectivity index (χ3n) is 2.86. The maximum Gasteiger partial charge on any atom is 0.307 e. The van der Waals surface area contributed by atoms with Crippen molar-refractivity contribution in [1.29, 1.82) is 0 Å². The number of ether oxygens (including phenoxy) is 2. The van der Waals surface area contributed by atoms with Crippen LogP contribution in [0, 0.1) is 0 Å². The normalized spacial score (nSPS) is 15.7. The smallest absolute Gasteiger partial charge is 0.307 e. The predicted octanol–water partition coefficient (Wildman–Crippen LogP) is -0.000600. The van der Waals surface area contributed by atoms with Crippen LogP contribution in [0.5, 0.6) is 5.75 Å². The van der Waals surface area contributed by atoms with Gasteiger partial charge in [0.25, 0.3) is 0 Å². The quantitative estimate of drug-likeness (QED) is 0.767. The minimum Gasteiger partial charge on any atom is -0.497 e. The van der Waals surface area contributed by atoms with Crippen molar-refractivity contribution in [1.82, 2.24) is 4.72 Å². The molecule has 0 aromatic heterocycles. The van der Waals surface area contributed by atoms with Gasteiger partial charge >= 0.3 is 5.97 Å². The number of carbonyl (C=O) groups is 1. The Balaban J connectivity index is 2.35. The molecular formula is C12H15NO6S. The first-order chi connectivity index (χ1) is 9.42. The number of carboxylic acid groups (broad SMARTS) is 1. The molecule has 1 heterocycles. The van der Waals surface area contributed by atoms with Gasteiger partial charge in [0.05, 0.1) is 37.7 Å². The van der Waals surface area contributed by atoms with E-state index in [0.717, 1.165) is 0 Å². The standard InChI is InChI=1S/C12H15NO6S/c1-18-10-2-3-11(8(4-10)5-12(14)15)20(16,17)13-9-6-19-7-9/h2-4,9,13H,5-7H2,1H3,(H,14,15). The highest BCUT2D eigenvalue weighted by Crippen LogP contribution is 2.23. The fraction of sp³-hybridized carbons (Fsp3) is 0.417. The van der Waals surface area contributed by atoms with E-state index < -0.39 is 22.4 Å². The molecule has 0 atom stereocenters. The molecule has 0 unspecified atom stereocenters. The fourth-order valence-electron chi connectivity index (χ4n) is 1.83. The number of aliphatic carboxylic acids is 1. The number of hydrogen-bond acceptors (Lipinski definition) is 5. The molecule has 1 aliphatic heterocycles. The summed E-state index contributed by atoms with van der Waals surface area (Å²) in [6.07, 6.45) is -0.394. The monoisotopic (exact) mass is 301 g/mol. The lowest BCUT2D eigenvalue weighted by molar-refractivity contribution is -0.136. The number of nitrogens with one attached hydrogen (secondary N) is 1. The SMILES string of the molecule is COc1ccc(S(=O)(=O)NC2COC2)c(CC(=O)O)c1. The van der Waals surface area contributed by atoms with Crippen molar-refractivity contribution in [2.24, 2.45) is 0 Å². The van der Waals surface area contributed by atoms with Crippen molar-refractivity contribution in [3.05, 3.63) is 23.8 Å². The molecule has 1 aromatic carbocycles. The molecule has 0 bridgehead atoms. The van der Waals surface area contributed by atoms with Gasteiger partial charge in [0.15, 0.2) is 0 Å². The zero-order valence-electron chi connectivity index (χ0n) is 10.8. The summed E-state index contributed by atoms with van der Waals surface area (Å²) in [5, 5.41) is 8.88. The molecule has 20 heavy (non-hydrogen) atoms. The van der Waals surface area contributed by atoms with E-state index in [9.17, 15) is 13.2 Å². The summed E-state index contributed by atoms with van der Waals surface area (Å²) in [4.78, 5) is 10.8. The summed E-state index contributed by atoms with van der Waals surface area (Å²) in [6.45, 7) is 0.646. The van der Waals surface area contributed by atoms with Crippen LogP contribution in [0.4, 0.5) is 0 Å². The number of hydrogen-bond donors (Lipinski definition) is 2. The molecule has 0 amide bonds. The summed E-state index contributed by atoms with van der Waals surface area (Å²) in [5.41, 5.74) is 0.185. The first-order valence-corrected chi connectivity index (χ1v) is 7.39. The van der Waals surface area contributed by atoms with E-state index in [0.29, 0.717) is 19.0 Å². The maximum absolute atomic E-state index is 12.2. The topological polar surface area (TPSA) is 102 Å². The molecule has 0 radical (unpaired) electrons. The van der Waals surface area contributed by atoms with Crippen molar-refractivity contribution in [3.63, 3.8) is 0 Å². The Bertz CT molecular complexity index is 608. The highest BCUT2D eigenvalue weighted by Gasteiger charge is 2.27. The Morgan fingerprint density at radius 3 is 2.70 bits per heavy atom. The Morgan fingerprint density at radius 2 is 2.20 bits per heavy atom. The third-order valence-corrected chi connectivity index (χ3v) is 4.48. The largest absolute Gasteiger partial charge is 0.497 e. The summed E-state index contributed by atoms with van der Waals surface area (Å²) in [7, 11) is -2.34. The van der Waals surface area contributed by atoms with Crippen molar-refractivity contribution >= 4 is 16.0 Å². The molecule has 1 aromatic rings. The van der Waals surface area contributed by atoms with Crippen molar-refractivity contribution < 1.29 is 27.8 Å². The van der Waals surface area contributed by atoms with Gasteiger partial charge in [0.1, 0.15) is 5.75 Å².